The van der Waals surface area contributed by atoms with Crippen LogP contribution in [0.4, 0.5) is 10.1 Å². The topological polar surface area (TPSA) is 64.9 Å². The van der Waals surface area contributed by atoms with Crippen LogP contribution < -0.4 is 5.73 Å². The number of rotatable bonds is 3. The van der Waals surface area contributed by atoms with Crippen molar-refractivity contribution >= 4 is 21.6 Å². The first-order valence-electron chi connectivity index (χ1n) is 6.24. The highest BCUT2D eigenvalue weighted by Gasteiger charge is 2.14. The fourth-order valence-corrected chi connectivity index (χ4v) is 2.19. The number of aromatic nitrogens is 2. The van der Waals surface area contributed by atoms with E-state index in [-0.39, 0.29) is 11.5 Å². The second-order valence-electron chi connectivity index (χ2n) is 4.56. The Hall–Kier alpha value is -2.21. The minimum absolute atomic E-state index is 0.131. The molecule has 0 aliphatic rings. The number of anilines is 1. The largest absolute Gasteiger partial charge is 0.399 e. The number of halogens is 2. The van der Waals surface area contributed by atoms with Crippen molar-refractivity contribution in [1.29, 1.82) is 0 Å². The highest BCUT2D eigenvalue weighted by molar-refractivity contribution is 9.10. The molecule has 0 saturated carbocycles. The van der Waals surface area contributed by atoms with Gasteiger partial charge in [0.25, 0.3) is 5.89 Å². The van der Waals surface area contributed by atoms with Gasteiger partial charge >= 0.3 is 0 Å². The van der Waals surface area contributed by atoms with Crippen molar-refractivity contribution < 1.29 is 8.91 Å². The monoisotopic (exact) mass is 347 g/mol. The molecule has 0 unspecified atom stereocenters. The van der Waals surface area contributed by atoms with Crippen molar-refractivity contribution in [2.24, 2.45) is 0 Å². The fourth-order valence-electron chi connectivity index (χ4n) is 1.93. The Labute approximate surface area is 128 Å². The molecule has 6 heteroatoms. The van der Waals surface area contributed by atoms with E-state index >= 15 is 0 Å². The summed E-state index contributed by atoms with van der Waals surface area (Å²) in [6.45, 7) is 0. The van der Waals surface area contributed by atoms with Crippen LogP contribution in [-0.2, 0) is 6.42 Å². The van der Waals surface area contributed by atoms with Crippen molar-refractivity contribution in [1.82, 2.24) is 10.1 Å². The lowest BCUT2D eigenvalue weighted by Gasteiger charge is -1.98. The van der Waals surface area contributed by atoms with Crippen LogP contribution in [0.25, 0.3) is 11.5 Å². The molecular weight excluding hydrogens is 337 g/mol. The number of hydrogen-bond acceptors (Lipinski definition) is 4. The van der Waals surface area contributed by atoms with E-state index in [0.717, 1.165) is 10.0 Å². The van der Waals surface area contributed by atoms with Crippen LogP contribution in [0.3, 0.4) is 0 Å². The maximum atomic E-state index is 13.7. The van der Waals surface area contributed by atoms with Crippen LogP contribution in [0.1, 0.15) is 11.4 Å². The second kappa shape index (κ2) is 5.65. The molecule has 4 nitrogen and oxygen atoms in total. The normalized spacial score (nSPS) is 10.8. The molecule has 0 saturated heterocycles. The number of nitrogen functional groups attached to an aromatic ring is 1. The molecule has 1 heterocycles. The van der Waals surface area contributed by atoms with Gasteiger partial charge in [-0.2, -0.15) is 4.98 Å². The van der Waals surface area contributed by atoms with Crippen LogP contribution in [-0.4, -0.2) is 10.1 Å². The van der Waals surface area contributed by atoms with Crippen molar-refractivity contribution in [3.05, 3.63) is 64.1 Å². The van der Waals surface area contributed by atoms with E-state index in [0.29, 0.717) is 17.9 Å². The maximum absolute atomic E-state index is 13.7. The fraction of sp³-hybridized carbons (Fsp3) is 0.0667. The zero-order valence-electron chi connectivity index (χ0n) is 10.9. The quantitative estimate of drug-likeness (QED) is 0.731. The van der Waals surface area contributed by atoms with E-state index in [1.165, 1.54) is 18.2 Å². The van der Waals surface area contributed by atoms with Gasteiger partial charge < -0.3 is 10.3 Å². The maximum Gasteiger partial charge on any atom is 0.260 e. The Morgan fingerprint density at radius 2 is 1.90 bits per heavy atom. The molecule has 3 rings (SSSR count). The molecule has 106 valence electrons. The van der Waals surface area contributed by atoms with Gasteiger partial charge in [0.1, 0.15) is 5.82 Å². The number of hydrogen-bond donors (Lipinski definition) is 1. The van der Waals surface area contributed by atoms with Gasteiger partial charge in [0, 0.05) is 16.6 Å². The van der Waals surface area contributed by atoms with Gasteiger partial charge in [-0.3, -0.25) is 0 Å². The molecule has 0 spiro atoms. The van der Waals surface area contributed by atoms with E-state index in [4.69, 9.17) is 10.3 Å². The van der Waals surface area contributed by atoms with Gasteiger partial charge in [-0.05, 0) is 35.9 Å². The third-order valence-corrected chi connectivity index (χ3v) is 3.49. The van der Waals surface area contributed by atoms with Crippen molar-refractivity contribution in [2.45, 2.75) is 6.42 Å². The summed E-state index contributed by atoms with van der Waals surface area (Å²) in [5, 5.41) is 3.88. The molecule has 3 aromatic rings. The van der Waals surface area contributed by atoms with E-state index in [9.17, 15) is 4.39 Å². The van der Waals surface area contributed by atoms with Crippen LogP contribution in [0.15, 0.2) is 51.5 Å². The summed E-state index contributed by atoms with van der Waals surface area (Å²) in [7, 11) is 0. The lowest BCUT2D eigenvalue weighted by Crippen LogP contribution is -1.92. The molecular formula is C15H11BrFN3O. The van der Waals surface area contributed by atoms with Crippen LogP contribution in [0.5, 0.6) is 0 Å². The standard InChI is InChI=1S/C15H11BrFN3O/c16-10-3-1-9(2-4-10)7-14-19-15(21-20-14)12-8-11(18)5-6-13(12)17/h1-6,8H,7,18H2. The molecule has 0 fully saturated rings. The summed E-state index contributed by atoms with van der Waals surface area (Å²) >= 11 is 3.38. The lowest BCUT2D eigenvalue weighted by atomic mass is 10.1. The van der Waals surface area contributed by atoms with Crippen LogP contribution >= 0.6 is 15.9 Å². The molecule has 0 aliphatic carbocycles. The Morgan fingerprint density at radius 3 is 2.67 bits per heavy atom. The lowest BCUT2D eigenvalue weighted by molar-refractivity contribution is 0.421. The predicted octanol–water partition coefficient (Wildman–Crippen LogP) is 3.81. The van der Waals surface area contributed by atoms with E-state index in [1.54, 1.807) is 0 Å². The van der Waals surface area contributed by atoms with E-state index in [1.807, 2.05) is 24.3 Å². The van der Waals surface area contributed by atoms with Crippen molar-refractivity contribution in [2.75, 3.05) is 5.73 Å². The summed E-state index contributed by atoms with van der Waals surface area (Å²) in [5.74, 6) is 0.184. The first-order chi connectivity index (χ1) is 10.1. The summed E-state index contributed by atoms with van der Waals surface area (Å²) in [5.41, 5.74) is 7.34. The Kier molecular flexibility index (Phi) is 3.70. The van der Waals surface area contributed by atoms with Crippen molar-refractivity contribution in [3.63, 3.8) is 0 Å². The Balaban J connectivity index is 1.86. The predicted molar refractivity (Wildman–Crippen MR) is 81.1 cm³/mol. The van der Waals surface area contributed by atoms with E-state index in [2.05, 4.69) is 26.1 Å². The number of nitrogens with zero attached hydrogens (tertiary/aromatic N) is 2. The smallest absolute Gasteiger partial charge is 0.260 e. The van der Waals surface area contributed by atoms with Gasteiger partial charge in [-0.1, -0.05) is 33.2 Å². The molecule has 0 amide bonds. The molecule has 2 N–H and O–H groups in total. The van der Waals surface area contributed by atoms with Gasteiger partial charge in [0.2, 0.25) is 0 Å². The van der Waals surface area contributed by atoms with E-state index < -0.39 is 5.82 Å². The van der Waals surface area contributed by atoms with Gasteiger partial charge in [0.15, 0.2) is 5.82 Å². The molecule has 21 heavy (non-hydrogen) atoms. The SMILES string of the molecule is Nc1ccc(F)c(-c2nc(Cc3ccc(Br)cc3)no2)c1. The highest BCUT2D eigenvalue weighted by Crippen LogP contribution is 2.24. The molecule has 0 aliphatic heterocycles. The highest BCUT2D eigenvalue weighted by atomic mass is 79.9. The minimum Gasteiger partial charge on any atom is -0.399 e. The summed E-state index contributed by atoms with van der Waals surface area (Å²) in [6, 6.07) is 12.0. The summed E-state index contributed by atoms with van der Waals surface area (Å²) < 4.78 is 19.9. The van der Waals surface area contributed by atoms with Gasteiger partial charge in [0.05, 0.1) is 5.56 Å². The second-order valence-corrected chi connectivity index (χ2v) is 5.47. The van der Waals surface area contributed by atoms with Crippen LogP contribution in [0.2, 0.25) is 0 Å². The average molecular weight is 348 g/mol. The number of benzene rings is 2. The van der Waals surface area contributed by atoms with Gasteiger partial charge in [-0.15, -0.1) is 0 Å². The van der Waals surface area contributed by atoms with Crippen LogP contribution in [0, 0.1) is 5.82 Å². The van der Waals surface area contributed by atoms with Gasteiger partial charge in [-0.25, -0.2) is 4.39 Å². The Bertz CT molecular complexity index is 771. The zero-order chi connectivity index (χ0) is 14.8. The zero-order valence-corrected chi connectivity index (χ0v) is 12.5. The summed E-state index contributed by atoms with van der Waals surface area (Å²) in [4.78, 5) is 4.22. The summed E-state index contributed by atoms with van der Waals surface area (Å²) in [6.07, 6.45) is 0.515. The first kappa shape index (κ1) is 13.8. The number of nitrogens with two attached hydrogens (primary N) is 1. The molecule has 1 aromatic heterocycles. The van der Waals surface area contributed by atoms with Crippen molar-refractivity contribution in [3.8, 4) is 11.5 Å². The molecule has 0 radical (unpaired) electrons. The Morgan fingerprint density at radius 1 is 1.14 bits per heavy atom. The molecule has 0 bridgehead atoms. The third-order valence-electron chi connectivity index (χ3n) is 2.96. The molecule has 2 aromatic carbocycles. The average Bonchev–Trinajstić information content (AvgIpc) is 2.92. The first-order valence-corrected chi connectivity index (χ1v) is 7.03. The molecule has 0 atom stereocenters. The minimum atomic E-state index is -0.442. The third kappa shape index (κ3) is 3.11.